The normalized spacial score (nSPS) is 11.7. The second-order valence-corrected chi connectivity index (χ2v) is 6.53. The van der Waals surface area contributed by atoms with Gasteiger partial charge in [-0.3, -0.25) is 0 Å². The molecule has 0 radical (unpaired) electrons. The van der Waals surface area contributed by atoms with Gasteiger partial charge in [0.05, 0.1) is 12.7 Å². The van der Waals surface area contributed by atoms with Crippen molar-refractivity contribution in [2.45, 2.75) is 45.4 Å². The summed E-state index contributed by atoms with van der Waals surface area (Å²) in [5.41, 5.74) is 0.671. The van der Waals surface area contributed by atoms with Crippen molar-refractivity contribution >= 4 is 23.8 Å². The average Bonchev–Trinajstić information content (AvgIpc) is 3.04. The van der Waals surface area contributed by atoms with Crippen molar-refractivity contribution in [3.63, 3.8) is 0 Å². The fourth-order valence-corrected chi connectivity index (χ4v) is 2.73. The Morgan fingerprint density at radius 1 is 1.31 bits per heavy atom. The second-order valence-electron chi connectivity index (χ2n) is 5.54. The molecule has 0 aliphatic rings. The molecule has 0 amide bonds. The van der Waals surface area contributed by atoms with Crippen LogP contribution in [0.25, 0.3) is 6.08 Å². The molecule has 8 heteroatoms. The van der Waals surface area contributed by atoms with E-state index >= 15 is 0 Å². The lowest BCUT2D eigenvalue weighted by Crippen LogP contribution is -2.07. The Morgan fingerprint density at radius 3 is 2.65 bits per heavy atom. The van der Waals surface area contributed by atoms with Crippen molar-refractivity contribution in [1.82, 2.24) is 10.2 Å². The van der Waals surface area contributed by atoms with Crippen molar-refractivity contribution in [2.24, 2.45) is 0 Å². The first-order valence-corrected chi connectivity index (χ1v) is 9.13. The van der Waals surface area contributed by atoms with Gasteiger partial charge in [-0.2, -0.15) is 0 Å². The molecular weight excluding hydrogens is 356 g/mol. The number of carbonyl (C=O) groups is 1. The van der Waals surface area contributed by atoms with Gasteiger partial charge >= 0.3 is 5.97 Å². The maximum absolute atomic E-state index is 11.6. The zero-order valence-corrected chi connectivity index (χ0v) is 16.0. The number of aromatic nitrogens is 2. The van der Waals surface area contributed by atoms with Crippen molar-refractivity contribution in [3.05, 3.63) is 34.6 Å². The summed E-state index contributed by atoms with van der Waals surface area (Å²) in [6.07, 6.45) is 2.13. The number of aryl methyl sites for hydroxylation is 1. The molecule has 0 bridgehead atoms. The summed E-state index contributed by atoms with van der Waals surface area (Å²) in [5, 5.41) is 17.3. The lowest BCUT2D eigenvalue weighted by atomic mass is 10.2. The third kappa shape index (κ3) is 5.52. The van der Waals surface area contributed by atoms with E-state index in [1.807, 2.05) is 27.7 Å². The molecule has 0 spiro atoms. The van der Waals surface area contributed by atoms with Crippen LogP contribution in [0.1, 0.15) is 39.1 Å². The number of benzene rings is 1. The molecular formula is C18H22N2O5S. The maximum Gasteiger partial charge on any atom is 0.342 e. The molecule has 1 aromatic carbocycles. The number of carboxylic acid groups (broad SMARTS) is 1. The maximum atomic E-state index is 11.6. The summed E-state index contributed by atoms with van der Waals surface area (Å²) in [4.78, 5) is 11.6. The van der Waals surface area contributed by atoms with Crippen molar-refractivity contribution in [3.8, 4) is 11.5 Å². The first-order chi connectivity index (χ1) is 12.4. The standard InChI is InChI=1S/C18H22N2O5S/c1-5-16-19-20-18(25-16)26-15(17(21)22)10-12-7-8-13(24-11(3)4)14(9-12)23-6-2/h7-11H,5-6H2,1-4H3,(H,21,22)/b15-10-. The Hall–Kier alpha value is -2.48. The largest absolute Gasteiger partial charge is 0.490 e. The number of ether oxygens (including phenoxy) is 2. The summed E-state index contributed by atoms with van der Waals surface area (Å²) in [5.74, 6) is 0.571. The van der Waals surface area contributed by atoms with Gasteiger partial charge in [-0.1, -0.05) is 13.0 Å². The summed E-state index contributed by atoms with van der Waals surface area (Å²) in [6.45, 7) is 8.09. The van der Waals surface area contributed by atoms with Gasteiger partial charge in [-0.15, -0.1) is 10.2 Å². The van der Waals surface area contributed by atoms with E-state index in [2.05, 4.69) is 10.2 Å². The van der Waals surface area contributed by atoms with Gasteiger partial charge in [0.1, 0.15) is 4.91 Å². The van der Waals surface area contributed by atoms with Crippen LogP contribution in [-0.2, 0) is 11.2 Å². The fourth-order valence-electron chi connectivity index (χ4n) is 2.04. The number of hydrogen-bond acceptors (Lipinski definition) is 7. The molecule has 2 rings (SSSR count). The highest BCUT2D eigenvalue weighted by Crippen LogP contribution is 2.32. The number of aliphatic carboxylic acids is 1. The Bertz CT molecular complexity index is 786. The molecule has 0 aliphatic heterocycles. The van der Waals surface area contributed by atoms with E-state index in [4.69, 9.17) is 13.9 Å². The topological polar surface area (TPSA) is 94.7 Å². The Labute approximate surface area is 156 Å². The van der Waals surface area contributed by atoms with Crippen LogP contribution in [0.15, 0.2) is 32.7 Å². The van der Waals surface area contributed by atoms with E-state index in [1.165, 1.54) is 6.08 Å². The molecule has 0 atom stereocenters. The van der Waals surface area contributed by atoms with Gasteiger partial charge in [0.25, 0.3) is 5.22 Å². The zero-order valence-electron chi connectivity index (χ0n) is 15.2. The minimum atomic E-state index is -1.08. The molecule has 7 nitrogen and oxygen atoms in total. The third-order valence-electron chi connectivity index (χ3n) is 3.09. The van der Waals surface area contributed by atoms with Gasteiger partial charge in [0.2, 0.25) is 5.89 Å². The van der Waals surface area contributed by atoms with Crippen LogP contribution in [0, 0.1) is 0 Å². The number of rotatable bonds is 9. The molecule has 0 unspecified atom stereocenters. The van der Waals surface area contributed by atoms with E-state index in [9.17, 15) is 9.90 Å². The number of hydrogen-bond donors (Lipinski definition) is 1. The Balaban J connectivity index is 2.30. The molecule has 0 fully saturated rings. The zero-order chi connectivity index (χ0) is 19.1. The number of thioether (sulfide) groups is 1. The molecule has 1 aromatic heterocycles. The van der Waals surface area contributed by atoms with E-state index in [1.54, 1.807) is 18.2 Å². The smallest absolute Gasteiger partial charge is 0.342 e. The van der Waals surface area contributed by atoms with Crippen molar-refractivity contribution in [2.75, 3.05) is 6.61 Å². The molecule has 1 heterocycles. The quantitative estimate of drug-likeness (QED) is 0.516. The van der Waals surface area contributed by atoms with Gasteiger partial charge < -0.3 is 19.0 Å². The summed E-state index contributed by atoms with van der Waals surface area (Å²) in [7, 11) is 0. The third-order valence-corrected chi connectivity index (χ3v) is 3.94. The van der Waals surface area contributed by atoms with Gasteiger partial charge in [-0.05, 0) is 56.3 Å². The highest BCUT2D eigenvalue weighted by Gasteiger charge is 2.16. The molecule has 26 heavy (non-hydrogen) atoms. The molecule has 0 saturated carbocycles. The fraction of sp³-hybridized carbons (Fsp3) is 0.389. The van der Waals surface area contributed by atoms with E-state index < -0.39 is 5.97 Å². The summed E-state index contributed by atoms with van der Waals surface area (Å²) >= 11 is 0.911. The van der Waals surface area contributed by atoms with Gasteiger partial charge in [0, 0.05) is 6.42 Å². The van der Waals surface area contributed by atoms with Crippen molar-refractivity contribution < 1.29 is 23.8 Å². The number of nitrogens with zero attached hydrogens (tertiary/aromatic N) is 2. The first-order valence-electron chi connectivity index (χ1n) is 8.31. The monoisotopic (exact) mass is 378 g/mol. The SMILES string of the molecule is CCOc1cc(/C=C(\Sc2nnc(CC)o2)C(=O)O)ccc1OC(C)C. The van der Waals surface area contributed by atoms with Crippen LogP contribution >= 0.6 is 11.8 Å². The Morgan fingerprint density at radius 2 is 2.08 bits per heavy atom. The van der Waals surface area contributed by atoms with E-state index in [0.717, 1.165) is 11.8 Å². The first kappa shape index (κ1) is 19.8. The molecule has 140 valence electrons. The lowest BCUT2D eigenvalue weighted by molar-refractivity contribution is -0.131. The van der Waals surface area contributed by atoms with Crippen LogP contribution in [0.3, 0.4) is 0 Å². The predicted molar refractivity (Wildman–Crippen MR) is 98.5 cm³/mol. The predicted octanol–water partition coefficient (Wildman–Crippen LogP) is 4.04. The highest BCUT2D eigenvalue weighted by atomic mass is 32.2. The van der Waals surface area contributed by atoms with Crippen LogP contribution in [0.2, 0.25) is 0 Å². The molecule has 2 aromatic rings. The van der Waals surface area contributed by atoms with Gasteiger partial charge in [-0.25, -0.2) is 4.79 Å². The molecule has 0 aliphatic carbocycles. The van der Waals surface area contributed by atoms with Crippen molar-refractivity contribution in [1.29, 1.82) is 0 Å². The van der Waals surface area contributed by atoms with Crippen LogP contribution < -0.4 is 9.47 Å². The average molecular weight is 378 g/mol. The second kappa shape index (κ2) is 9.28. The van der Waals surface area contributed by atoms with Crippen LogP contribution in [-0.4, -0.2) is 34.0 Å². The molecule has 0 saturated heterocycles. The minimum Gasteiger partial charge on any atom is -0.490 e. The van der Waals surface area contributed by atoms with E-state index in [-0.39, 0.29) is 16.2 Å². The van der Waals surface area contributed by atoms with Crippen LogP contribution in [0.5, 0.6) is 11.5 Å². The lowest BCUT2D eigenvalue weighted by Gasteiger charge is -2.15. The van der Waals surface area contributed by atoms with E-state index in [0.29, 0.717) is 36.0 Å². The summed E-state index contributed by atoms with van der Waals surface area (Å²) < 4.78 is 16.7. The molecule has 1 N–H and O–H groups in total. The van der Waals surface area contributed by atoms with Crippen LogP contribution in [0.4, 0.5) is 0 Å². The minimum absolute atomic E-state index is 0.00558. The number of carboxylic acids is 1. The highest BCUT2D eigenvalue weighted by molar-refractivity contribution is 8.03. The summed E-state index contributed by atoms with van der Waals surface area (Å²) in [6, 6.07) is 5.29. The van der Waals surface area contributed by atoms with Gasteiger partial charge in [0.15, 0.2) is 11.5 Å². The Kier molecular flexibility index (Phi) is 7.08.